The van der Waals surface area contributed by atoms with Crippen LogP contribution in [0.1, 0.15) is 25.7 Å². The van der Waals surface area contributed by atoms with Crippen LogP contribution in [0.4, 0.5) is 0 Å². The van der Waals surface area contributed by atoms with Crippen molar-refractivity contribution in [1.82, 2.24) is 5.32 Å². The highest BCUT2D eigenvalue weighted by Crippen LogP contribution is 2.39. The van der Waals surface area contributed by atoms with E-state index in [-0.39, 0.29) is 22.4 Å². The summed E-state index contributed by atoms with van der Waals surface area (Å²) in [6.07, 6.45) is -2.04. The predicted molar refractivity (Wildman–Crippen MR) is 95.3 cm³/mol. The second-order valence-electron chi connectivity index (χ2n) is 6.26. The van der Waals surface area contributed by atoms with Gasteiger partial charge in [-0.3, -0.25) is 9.59 Å². The van der Waals surface area contributed by atoms with Crippen molar-refractivity contribution >= 4 is 22.8 Å². The standard InChI is InChI=1S/C18H23NO6S/c1-10(20)19-14-16(26-11(2)21)15-13(24-18(14)22-3)9-23-17(25-15)12-7-5-4-6-8-12/h4-8,13-18H,9H2,1-3H3,(H,19,20)/t13-,14-,15-,16+,17+,18-/m1/s1. The summed E-state index contributed by atoms with van der Waals surface area (Å²) in [5, 5.41) is 2.43. The first-order valence-electron chi connectivity index (χ1n) is 8.44. The van der Waals surface area contributed by atoms with Crippen LogP contribution in [-0.2, 0) is 28.5 Å². The summed E-state index contributed by atoms with van der Waals surface area (Å²) in [6.45, 7) is 3.23. The zero-order valence-electron chi connectivity index (χ0n) is 14.9. The third-order valence-corrected chi connectivity index (χ3v) is 5.48. The van der Waals surface area contributed by atoms with Crippen molar-refractivity contribution in [3.8, 4) is 0 Å². The largest absolute Gasteiger partial charge is 0.354 e. The van der Waals surface area contributed by atoms with E-state index in [0.717, 1.165) is 17.3 Å². The number of benzene rings is 1. The molecular weight excluding hydrogens is 358 g/mol. The molecule has 6 atom stereocenters. The van der Waals surface area contributed by atoms with Crippen molar-refractivity contribution in [3.05, 3.63) is 35.9 Å². The summed E-state index contributed by atoms with van der Waals surface area (Å²) in [6, 6.07) is 9.07. The quantitative estimate of drug-likeness (QED) is 0.849. The number of carbonyl (C=O) groups excluding carboxylic acids is 2. The van der Waals surface area contributed by atoms with Gasteiger partial charge in [-0.2, -0.15) is 0 Å². The lowest BCUT2D eigenvalue weighted by Crippen LogP contribution is -2.65. The molecule has 2 heterocycles. The van der Waals surface area contributed by atoms with Crippen molar-refractivity contribution in [2.45, 2.75) is 49.9 Å². The Morgan fingerprint density at radius 1 is 1.19 bits per heavy atom. The summed E-state index contributed by atoms with van der Waals surface area (Å²) in [5.41, 5.74) is 0.891. The molecule has 1 aromatic rings. The number of carbonyl (C=O) groups is 2. The monoisotopic (exact) mass is 381 g/mol. The highest BCUT2D eigenvalue weighted by molar-refractivity contribution is 8.14. The number of thioether (sulfide) groups is 1. The van der Waals surface area contributed by atoms with Gasteiger partial charge in [-0.15, -0.1) is 0 Å². The van der Waals surface area contributed by atoms with E-state index < -0.39 is 24.7 Å². The Balaban J connectivity index is 1.86. The van der Waals surface area contributed by atoms with Gasteiger partial charge in [-0.25, -0.2) is 0 Å². The second kappa shape index (κ2) is 8.49. The fourth-order valence-corrected chi connectivity index (χ4v) is 4.37. The van der Waals surface area contributed by atoms with E-state index in [2.05, 4.69) is 5.32 Å². The van der Waals surface area contributed by atoms with E-state index >= 15 is 0 Å². The number of rotatable bonds is 4. The van der Waals surface area contributed by atoms with Crippen molar-refractivity contribution in [3.63, 3.8) is 0 Å². The molecule has 0 bridgehead atoms. The number of amides is 1. The van der Waals surface area contributed by atoms with Crippen LogP contribution in [-0.4, -0.2) is 54.5 Å². The number of methoxy groups -OCH3 is 1. The molecule has 1 N–H and O–H groups in total. The van der Waals surface area contributed by atoms with Gasteiger partial charge >= 0.3 is 0 Å². The van der Waals surface area contributed by atoms with Crippen molar-refractivity contribution in [2.24, 2.45) is 0 Å². The molecule has 7 nitrogen and oxygen atoms in total. The lowest BCUT2D eigenvalue weighted by molar-refractivity contribution is -0.316. The van der Waals surface area contributed by atoms with E-state index in [1.165, 1.54) is 21.0 Å². The number of hydrogen-bond donors (Lipinski definition) is 1. The van der Waals surface area contributed by atoms with Gasteiger partial charge in [0.2, 0.25) is 5.91 Å². The fourth-order valence-electron chi connectivity index (χ4n) is 3.27. The van der Waals surface area contributed by atoms with Gasteiger partial charge in [0.05, 0.1) is 17.9 Å². The Morgan fingerprint density at radius 3 is 2.54 bits per heavy atom. The summed E-state index contributed by atoms with van der Waals surface area (Å²) in [5.74, 6) is -0.222. The Kier molecular flexibility index (Phi) is 6.31. The van der Waals surface area contributed by atoms with Crippen LogP contribution in [0.25, 0.3) is 0 Å². The van der Waals surface area contributed by atoms with Gasteiger partial charge in [0.1, 0.15) is 12.2 Å². The zero-order chi connectivity index (χ0) is 18.7. The molecule has 0 spiro atoms. The average molecular weight is 381 g/mol. The topological polar surface area (TPSA) is 83.1 Å². The minimum atomic E-state index is -0.683. The molecule has 1 aromatic carbocycles. The van der Waals surface area contributed by atoms with Crippen LogP contribution >= 0.6 is 11.8 Å². The van der Waals surface area contributed by atoms with Gasteiger partial charge in [0.15, 0.2) is 17.7 Å². The Hall–Kier alpha value is -1.45. The number of nitrogens with one attached hydrogen (secondary N) is 1. The number of hydrogen-bond acceptors (Lipinski definition) is 7. The van der Waals surface area contributed by atoms with Gasteiger partial charge in [0, 0.05) is 26.5 Å². The average Bonchev–Trinajstić information content (AvgIpc) is 2.63. The molecule has 0 unspecified atom stereocenters. The zero-order valence-corrected chi connectivity index (χ0v) is 15.7. The van der Waals surface area contributed by atoms with Crippen molar-refractivity contribution < 1.29 is 28.5 Å². The van der Waals surface area contributed by atoms with Gasteiger partial charge in [-0.1, -0.05) is 42.1 Å². The Bertz CT molecular complexity index is 642. The first-order valence-corrected chi connectivity index (χ1v) is 9.32. The lowest BCUT2D eigenvalue weighted by Gasteiger charge is -2.48. The molecule has 0 aliphatic carbocycles. The molecule has 3 rings (SSSR count). The third kappa shape index (κ3) is 4.27. The van der Waals surface area contributed by atoms with Crippen LogP contribution in [0.2, 0.25) is 0 Å². The van der Waals surface area contributed by atoms with E-state index in [4.69, 9.17) is 18.9 Å². The molecule has 2 saturated heterocycles. The van der Waals surface area contributed by atoms with E-state index in [0.29, 0.717) is 6.61 Å². The van der Waals surface area contributed by atoms with Crippen LogP contribution in [0.3, 0.4) is 0 Å². The van der Waals surface area contributed by atoms with Crippen molar-refractivity contribution in [1.29, 1.82) is 0 Å². The summed E-state index contributed by atoms with van der Waals surface area (Å²) < 4.78 is 23.3. The smallest absolute Gasteiger partial charge is 0.217 e. The maximum atomic E-state index is 11.8. The Morgan fingerprint density at radius 2 is 1.92 bits per heavy atom. The molecule has 1 amide bonds. The summed E-state index contributed by atoms with van der Waals surface area (Å²) in [7, 11) is 1.51. The highest BCUT2D eigenvalue weighted by Gasteiger charge is 2.51. The normalized spacial score (nSPS) is 34.0. The van der Waals surface area contributed by atoms with E-state index in [1.807, 2.05) is 30.3 Å². The molecule has 0 radical (unpaired) electrons. The van der Waals surface area contributed by atoms with Crippen LogP contribution in [0.5, 0.6) is 0 Å². The van der Waals surface area contributed by atoms with E-state index in [9.17, 15) is 9.59 Å². The first-order chi connectivity index (χ1) is 12.5. The van der Waals surface area contributed by atoms with Crippen molar-refractivity contribution in [2.75, 3.05) is 13.7 Å². The number of ether oxygens (including phenoxy) is 4. The molecule has 2 aliphatic heterocycles. The summed E-state index contributed by atoms with van der Waals surface area (Å²) >= 11 is 1.13. The minimum Gasteiger partial charge on any atom is -0.354 e. The lowest BCUT2D eigenvalue weighted by atomic mass is 9.98. The molecule has 142 valence electrons. The minimum absolute atomic E-state index is 0.0628. The second-order valence-corrected chi connectivity index (χ2v) is 7.61. The molecule has 0 saturated carbocycles. The van der Waals surface area contributed by atoms with Gasteiger partial charge in [0.25, 0.3) is 0 Å². The molecule has 2 aliphatic rings. The summed E-state index contributed by atoms with van der Waals surface area (Å²) in [4.78, 5) is 23.5. The molecule has 2 fully saturated rings. The highest BCUT2D eigenvalue weighted by atomic mass is 32.2. The third-order valence-electron chi connectivity index (χ3n) is 4.31. The van der Waals surface area contributed by atoms with Gasteiger partial charge < -0.3 is 24.3 Å². The maximum absolute atomic E-state index is 11.8. The predicted octanol–water partition coefficient (Wildman–Crippen LogP) is 1.62. The first kappa shape index (κ1) is 19.3. The van der Waals surface area contributed by atoms with Gasteiger partial charge in [-0.05, 0) is 0 Å². The van der Waals surface area contributed by atoms with Crippen LogP contribution in [0.15, 0.2) is 30.3 Å². The SMILES string of the molecule is CO[C@@H]1O[C@@H]2CO[C@H](c3ccccc3)O[C@H]2[C@@H](SC(C)=O)[C@H]1NC(C)=O. The molecule has 26 heavy (non-hydrogen) atoms. The van der Waals surface area contributed by atoms with Crippen LogP contribution in [0, 0.1) is 0 Å². The number of fused-ring (bicyclic) bond motifs is 1. The molecule has 8 heteroatoms. The molecule has 0 aromatic heterocycles. The van der Waals surface area contributed by atoms with E-state index in [1.54, 1.807) is 0 Å². The molecular formula is C18H23NO6S. The maximum Gasteiger partial charge on any atom is 0.217 e. The Labute approximate surface area is 156 Å². The fraction of sp³-hybridized carbons (Fsp3) is 0.556. The van der Waals surface area contributed by atoms with Crippen LogP contribution < -0.4 is 5.32 Å².